The molecule has 2 heteroatoms. The van der Waals surface area contributed by atoms with Crippen molar-refractivity contribution in [1.29, 1.82) is 0 Å². The van der Waals surface area contributed by atoms with Crippen LogP contribution in [0.5, 0.6) is 0 Å². The number of carbonyl (C=O) groups excluding carboxylic acids is 1. The van der Waals surface area contributed by atoms with Gasteiger partial charge in [0.15, 0.2) is 0 Å². The Kier molecular flexibility index (Phi) is 7.77. The number of carbonyl (C=O) groups is 1. The van der Waals surface area contributed by atoms with Gasteiger partial charge in [0.1, 0.15) is 5.78 Å². The number of rotatable bonds is 8. The summed E-state index contributed by atoms with van der Waals surface area (Å²) in [4.78, 5) is 13.9. The Hall–Kier alpha value is -0.370. The Balaban J connectivity index is 3.85. The third-order valence-electron chi connectivity index (χ3n) is 2.82. The van der Waals surface area contributed by atoms with E-state index in [4.69, 9.17) is 0 Å². The monoisotopic (exact) mass is 199 g/mol. The van der Waals surface area contributed by atoms with Crippen LogP contribution in [0.2, 0.25) is 0 Å². The zero-order chi connectivity index (χ0) is 11.0. The minimum absolute atomic E-state index is 0.227. The topological polar surface area (TPSA) is 20.3 Å². The summed E-state index contributed by atoms with van der Waals surface area (Å²) in [6.45, 7) is 11.1. The molecule has 84 valence electrons. The van der Waals surface area contributed by atoms with Crippen molar-refractivity contribution in [2.75, 3.05) is 19.6 Å². The zero-order valence-corrected chi connectivity index (χ0v) is 10.2. The van der Waals surface area contributed by atoms with Gasteiger partial charge < -0.3 is 0 Å². The van der Waals surface area contributed by atoms with Gasteiger partial charge in [0.25, 0.3) is 0 Å². The average molecular weight is 199 g/mol. The molecular formula is C12H25NO. The van der Waals surface area contributed by atoms with Crippen LogP contribution in [0.15, 0.2) is 0 Å². The van der Waals surface area contributed by atoms with Crippen molar-refractivity contribution >= 4 is 5.78 Å². The molecule has 0 aromatic carbocycles. The lowest BCUT2D eigenvalue weighted by atomic mass is 10.0. The fourth-order valence-electron chi connectivity index (χ4n) is 1.33. The van der Waals surface area contributed by atoms with Gasteiger partial charge in [0.05, 0.1) is 6.54 Å². The normalized spacial score (nSPS) is 13.2. The van der Waals surface area contributed by atoms with E-state index in [-0.39, 0.29) is 5.92 Å². The Bertz CT molecular complexity index is 156. The summed E-state index contributed by atoms with van der Waals surface area (Å²) in [6.07, 6.45) is 3.36. The molecule has 1 atom stereocenters. The SMILES string of the molecule is CCCCN(CC)CC(=O)C(C)CC. The minimum Gasteiger partial charge on any atom is -0.298 e. The summed E-state index contributed by atoms with van der Waals surface area (Å²) in [5, 5.41) is 0. The number of ketones is 1. The van der Waals surface area contributed by atoms with Gasteiger partial charge in [-0.2, -0.15) is 0 Å². The molecule has 0 spiro atoms. The van der Waals surface area contributed by atoms with Gasteiger partial charge in [0.2, 0.25) is 0 Å². The number of hydrogen-bond acceptors (Lipinski definition) is 2. The van der Waals surface area contributed by atoms with E-state index in [0.717, 1.165) is 19.5 Å². The predicted octanol–water partition coefficient (Wildman–Crippen LogP) is 2.72. The lowest BCUT2D eigenvalue weighted by Crippen LogP contribution is -2.33. The first kappa shape index (κ1) is 13.6. The van der Waals surface area contributed by atoms with Crippen LogP contribution in [0.1, 0.15) is 47.0 Å². The molecule has 0 aliphatic heterocycles. The van der Waals surface area contributed by atoms with Crippen LogP contribution in [0, 0.1) is 5.92 Å². The molecule has 0 amide bonds. The molecule has 0 rings (SSSR count). The van der Waals surface area contributed by atoms with E-state index < -0.39 is 0 Å². The van der Waals surface area contributed by atoms with Gasteiger partial charge in [-0.15, -0.1) is 0 Å². The van der Waals surface area contributed by atoms with Gasteiger partial charge in [-0.25, -0.2) is 0 Å². The zero-order valence-electron chi connectivity index (χ0n) is 10.2. The van der Waals surface area contributed by atoms with Gasteiger partial charge >= 0.3 is 0 Å². The summed E-state index contributed by atoms with van der Waals surface area (Å²) >= 11 is 0. The number of hydrogen-bond donors (Lipinski definition) is 0. The molecule has 0 aliphatic carbocycles. The first-order valence-electron chi connectivity index (χ1n) is 5.90. The first-order chi connectivity index (χ1) is 6.65. The van der Waals surface area contributed by atoms with Crippen LogP contribution in [0.25, 0.3) is 0 Å². The van der Waals surface area contributed by atoms with E-state index >= 15 is 0 Å². The van der Waals surface area contributed by atoms with Crippen LogP contribution < -0.4 is 0 Å². The summed E-state index contributed by atoms with van der Waals surface area (Å²) in [6, 6.07) is 0. The Morgan fingerprint density at radius 1 is 1.29 bits per heavy atom. The summed E-state index contributed by atoms with van der Waals surface area (Å²) in [7, 11) is 0. The molecule has 0 saturated carbocycles. The fraction of sp³-hybridized carbons (Fsp3) is 0.917. The molecule has 0 aromatic heterocycles. The molecule has 0 heterocycles. The second-order valence-corrected chi connectivity index (χ2v) is 4.00. The summed E-state index contributed by atoms with van der Waals surface area (Å²) in [5.74, 6) is 0.621. The third-order valence-corrected chi connectivity index (χ3v) is 2.82. The maximum absolute atomic E-state index is 11.7. The van der Waals surface area contributed by atoms with E-state index in [1.54, 1.807) is 0 Å². The molecule has 0 aromatic rings. The largest absolute Gasteiger partial charge is 0.298 e. The van der Waals surface area contributed by atoms with E-state index in [0.29, 0.717) is 12.3 Å². The average Bonchev–Trinajstić information content (AvgIpc) is 2.22. The lowest BCUT2D eigenvalue weighted by molar-refractivity contribution is -0.123. The second kappa shape index (κ2) is 7.98. The van der Waals surface area contributed by atoms with Crippen LogP contribution in [-0.4, -0.2) is 30.3 Å². The Labute approximate surface area is 88.7 Å². The highest BCUT2D eigenvalue weighted by Crippen LogP contribution is 2.04. The standard InChI is InChI=1S/C12H25NO/c1-5-8-9-13(7-3)10-12(14)11(4)6-2/h11H,5-10H2,1-4H3. The molecule has 14 heavy (non-hydrogen) atoms. The van der Waals surface area contributed by atoms with Crippen LogP contribution in [0.3, 0.4) is 0 Å². The number of Topliss-reactive ketones (excluding diaryl/α,β-unsaturated/α-hetero) is 1. The van der Waals surface area contributed by atoms with E-state index in [1.165, 1.54) is 12.8 Å². The lowest BCUT2D eigenvalue weighted by Gasteiger charge is -2.20. The maximum Gasteiger partial charge on any atom is 0.149 e. The first-order valence-corrected chi connectivity index (χ1v) is 5.90. The quantitative estimate of drug-likeness (QED) is 0.599. The van der Waals surface area contributed by atoms with Gasteiger partial charge in [-0.1, -0.05) is 34.1 Å². The van der Waals surface area contributed by atoms with Crippen molar-refractivity contribution in [3.05, 3.63) is 0 Å². The van der Waals surface area contributed by atoms with Crippen LogP contribution in [0.4, 0.5) is 0 Å². The Morgan fingerprint density at radius 3 is 2.36 bits per heavy atom. The highest BCUT2D eigenvalue weighted by molar-refractivity contribution is 5.82. The molecule has 0 saturated heterocycles. The third kappa shape index (κ3) is 5.38. The highest BCUT2D eigenvalue weighted by atomic mass is 16.1. The smallest absolute Gasteiger partial charge is 0.149 e. The second-order valence-electron chi connectivity index (χ2n) is 4.00. The molecule has 2 nitrogen and oxygen atoms in total. The van der Waals surface area contributed by atoms with E-state index in [1.807, 2.05) is 6.92 Å². The van der Waals surface area contributed by atoms with E-state index in [2.05, 4.69) is 25.7 Å². The van der Waals surface area contributed by atoms with E-state index in [9.17, 15) is 4.79 Å². The van der Waals surface area contributed by atoms with Crippen molar-refractivity contribution in [2.45, 2.75) is 47.0 Å². The van der Waals surface area contributed by atoms with Crippen molar-refractivity contribution < 1.29 is 4.79 Å². The van der Waals surface area contributed by atoms with Gasteiger partial charge in [0, 0.05) is 5.92 Å². The highest BCUT2D eigenvalue weighted by Gasteiger charge is 2.13. The number of unbranched alkanes of at least 4 members (excludes halogenated alkanes) is 1. The molecule has 1 unspecified atom stereocenters. The summed E-state index contributed by atoms with van der Waals surface area (Å²) in [5.41, 5.74) is 0. The van der Waals surface area contributed by atoms with Crippen LogP contribution >= 0.6 is 0 Å². The van der Waals surface area contributed by atoms with Crippen LogP contribution in [-0.2, 0) is 4.79 Å². The van der Waals surface area contributed by atoms with Crippen molar-refractivity contribution in [3.8, 4) is 0 Å². The minimum atomic E-state index is 0.227. The summed E-state index contributed by atoms with van der Waals surface area (Å²) < 4.78 is 0. The van der Waals surface area contributed by atoms with Gasteiger partial charge in [-0.3, -0.25) is 9.69 Å². The van der Waals surface area contributed by atoms with Crippen molar-refractivity contribution in [3.63, 3.8) is 0 Å². The fourth-order valence-corrected chi connectivity index (χ4v) is 1.33. The number of likely N-dealkylation sites (N-methyl/N-ethyl adjacent to an activating group) is 1. The molecule has 0 bridgehead atoms. The molecule has 0 N–H and O–H groups in total. The number of nitrogens with zero attached hydrogens (tertiary/aromatic N) is 1. The molecule has 0 aliphatic rings. The van der Waals surface area contributed by atoms with Crippen molar-refractivity contribution in [2.24, 2.45) is 5.92 Å². The predicted molar refractivity (Wildman–Crippen MR) is 61.5 cm³/mol. The van der Waals surface area contributed by atoms with Crippen molar-refractivity contribution in [1.82, 2.24) is 4.90 Å². The molecule has 0 radical (unpaired) electrons. The molecular weight excluding hydrogens is 174 g/mol. The van der Waals surface area contributed by atoms with Gasteiger partial charge in [-0.05, 0) is 25.9 Å². The maximum atomic E-state index is 11.7. The Morgan fingerprint density at radius 2 is 1.93 bits per heavy atom. The molecule has 0 fully saturated rings.